The van der Waals surface area contributed by atoms with Crippen LogP contribution in [0.15, 0.2) is 41.3 Å². The number of fused-ring (bicyclic) bond motifs is 1. The van der Waals surface area contributed by atoms with Crippen LogP contribution in [0.2, 0.25) is 0 Å². The lowest BCUT2D eigenvalue weighted by atomic mass is 10.1. The molecule has 23 heavy (non-hydrogen) atoms. The molecule has 118 valence electrons. The molecule has 0 aromatic heterocycles. The summed E-state index contributed by atoms with van der Waals surface area (Å²) in [5, 5.41) is 5.03. The predicted octanol–water partition coefficient (Wildman–Crippen LogP) is 3.65. The van der Waals surface area contributed by atoms with Crippen LogP contribution in [0.5, 0.6) is 0 Å². The smallest absolute Gasteiger partial charge is 0.255 e. The van der Waals surface area contributed by atoms with Gasteiger partial charge in [-0.05, 0) is 37.3 Å². The molecule has 2 aromatic carbocycles. The highest BCUT2D eigenvalue weighted by Gasteiger charge is 2.23. The zero-order valence-electron chi connectivity index (χ0n) is 12.0. The lowest BCUT2D eigenvalue weighted by Gasteiger charge is -2.21. The van der Waals surface area contributed by atoms with Crippen LogP contribution in [0.25, 0.3) is 0 Å². The molecule has 7 heteroatoms. The summed E-state index contributed by atoms with van der Waals surface area (Å²) in [4.78, 5) is 24.8. The third kappa shape index (κ3) is 3.19. The quantitative estimate of drug-likeness (QED) is 0.881. The molecule has 0 radical (unpaired) electrons. The first kappa shape index (κ1) is 15.5. The molecule has 0 saturated carbocycles. The fourth-order valence-corrected chi connectivity index (χ4v) is 3.06. The number of thioether (sulfide) groups is 1. The van der Waals surface area contributed by atoms with E-state index in [0.29, 0.717) is 11.3 Å². The monoisotopic (exact) mass is 334 g/mol. The van der Waals surface area contributed by atoms with Crippen molar-refractivity contribution in [2.24, 2.45) is 0 Å². The van der Waals surface area contributed by atoms with Gasteiger partial charge in [-0.25, -0.2) is 8.78 Å². The van der Waals surface area contributed by atoms with E-state index in [-0.39, 0.29) is 16.8 Å². The van der Waals surface area contributed by atoms with E-state index in [9.17, 15) is 18.4 Å². The Bertz CT molecular complexity index is 811. The highest BCUT2D eigenvalue weighted by Crippen LogP contribution is 2.36. The van der Waals surface area contributed by atoms with Gasteiger partial charge in [0.15, 0.2) is 11.6 Å². The highest BCUT2D eigenvalue weighted by atomic mass is 32.2. The second kappa shape index (κ2) is 6.00. The van der Waals surface area contributed by atoms with Crippen LogP contribution in [-0.4, -0.2) is 17.1 Å². The van der Waals surface area contributed by atoms with Crippen molar-refractivity contribution in [1.29, 1.82) is 0 Å². The largest absolute Gasteiger partial charge is 0.324 e. The molecule has 2 amide bonds. The number of rotatable bonds is 2. The van der Waals surface area contributed by atoms with Crippen LogP contribution in [0.3, 0.4) is 0 Å². The Hall–Kier alpha value is -2.41. The van der Waals surface area contributed by atoms with E-state index in [2.05, 4.69) is 10.6 Å². The van der Waals surface area contributed by atoms with Crippen LogP contribution < -0.4 is 10.6 Å². The summed E-state index contributed by atoms with van der Waals surface area (Å²) in [5.74, 6) is -2.62. The summed E-state index contributed by atoms with van der Waals surface area (Å²) in [6, 6.07) is 8.04. The Balaban J connectivity index is 1.81. The number of carbonyl (C=O) groups is 2. The van der Waals surface area contributed by atoms with Gasteiger partial charge in [0.05, 0.1) is 10.9 Å². The molecule has 1 heterocycles. The Morgan fingerprint density at radius 1 is 1.17 bits per heavy atom. The third-order valence-electron chi connectivity index (χ3n) is 3.35. The standard InChI is InChI=1S/C16H12F2N2O2S/c1-8-15(21)20-13-6-9(2-5-14(13)23-8)16(22)19-10-3-4-11(17)12(18)7-10/h2-8H,1H3,(H,19,22)(H,20,21)/t8-/m1/s1. The first-order chi connectivity index (χ1) is 10.9. The molecule has 1 atom stereocenters. The van der Waals surface area contributed by atoms with Crippen LogP contribution in [-0.2, 0) is 4.79 Å². The maximum absolute atomic E-state index is 13.2. The minimum Gasteiger partial charge on any atom is -0.324 e. The van der Waals surface area contributed by atoms with Crippen molar-refractivity contribution in [3.05, 3.63) is 53.6 Å². The molecular weight excluding hydrogens is 322 g/mol. The number of anilines is 2. The van der Waals surface area contributed by atoms with Gasteiger partial charge in [-0.15, -0.1) is 11.8 Å². The molecule has 0 saturated heterocycles. The summed E-state index contributed by atoms with van der Waals surface area (Å²) in [6.07, 6.45) is 0. The lowest BCUT2D eigenvalue weighted by Crippen LogP contribution is -2.26. The average Bonchev–Trinajstić information content (AvgIpc) is 2.51. The van der Waals surface area contributed by atoms with E-state index in [0.717, 1.165) is 17.0 Å². The number of benzene rings is 2. The number of nitrogens with one attached hydrogen (secondary N) is 2. The summed E-state index contributed by atoms with van der Waals surface area (Å²) < 4.78 is 26.0. The van der Waals surface area contributed by atoms with E-state index in [1.54, 1.807) is 25.1 Å². The van der Waals surface area contributed by atoms with Gasteiger partial charge in [0.2, 0.25) is 5.91 Å². The van der Waals surface area contributed by atoms with Gasteiger partial charge in [-0.1, -0.05) is 0 Å². The van der Waals surface area contributed by atoms with Gasteiger partial charge in [-0.3, -0.25) is 9.59 Å². The highest BCUT2D eigenvalue weighted by molar-refractivity contribution is 8.00. The predicted molar refractivity (Wildman–Crippen MR) is 84.7 cm³/mol. The van der Waals surface area contributed by atoms with Gasteiger partial charge in [0.1, 0.15) is 0 Å². The maximum Gasteiger partial charge on any atom is 0.255 e. The average molecular weight is 334 g/mol. The SMILES string of the molecule is C[C@H]1Sc2ccc(C(=O)Nc3ccc(F)c(F)c3)cc2NC1=O. The van der Waals surface area contributed by atoms with Crippen molar-refractivity contribution in [1.82, 2.24) is 0 Å². The first-order valence-corrected chi connectivity index (χ1v) is 7.70. The first-order valence-electron chi connectivity index (χ1n) is 6.82. The fraction of sp³-hybridized carbons (Fsp3) is 0.125. The normalized spacial score (nSPS) is 16.5. The summed E-state index contributed by atoms with van der Waals surface area (Å²) in [7, 11) is 0. The molecule has 0 spiro atoms. The number of hydrogen-bond acceptors (Lipinski definition) is 3. The topological polar surface area (TPSA) is 58.2 Å². The number of hydrogen-bond donors (Lipinski definition) is 2. The number of amides is 2. The van der Waals surface area contributed by atoms with Crippen LogP contribution >= 0.6 is 11.8 Å². The van der Waals surface area contributed by atoms with Crippen LogP contribution in [0.1, 0.15) is 17.3 Å². The molecule has 2 N–H and O–H groups in total. The van der Waals surface area contributed by atoms with Gasteiger partial charge < -0.3 is 10.6 Å². The summed E-state index contributed by atoms with van der Waals surface area (Å²) in [5.41, 5.74) is 1.03. The molecule has 0 aliphatic carbocycles. The van der Waals surface area contributed by atoms with E-state index in [1.807, 2.05) is 0 Å². The Morgan fingerprint density at radius 3 is 2.70 bits per heavy atom. The lowest BCUT2D eigenvalue weighted by molar-refractivity contribution is -0.115. The van der Waals surface area contributed by atoms with E-state index >= 15 is 0 Å². The van der Waals surface area contributed by atoms with Crippen molar-refractivity contribution in [2.75, 3.05) is 10.6 Å². The molecule has 0 bridgehead atoms. The zero-order valence-corrected chi connectivity index (χ0v) is 12.8. The minimum absolute atomic E-state index is 0.124. The van der Waals surface area contributed by atoms with Crippen LogP contribution in [0, 0.1) is 11.6 Å². The Labute approximate surface area is 135 Å². The molecule has 1 aliphatic heterocycles. The maximum atomic E-state index is 13.2. The molecule has 0 fully saturated rings. The van der Waals surface area contributed by atoms with E-state index in [4.69, 9.17) is 0 Å². The van der Waals surface area contributed by atoms with Gasteiger partial charge in [0, 0.05) is 22.2 Å². The second-order valence-corrected chi connectivity index (χ2v) is 6.43. The molecule has 3 rings (SSSR count). The molecule has 4 nitrogen and oxygen atoms in total. The van der Waals surface area contributed by atoms with Gasteiger partial charge >= 0.3 is 0 Å². The van der Waals surface area contributed by atoms with Crippen molar-refractivity contribution < 1.29 is 18.4 Å². The Kier molecular flexibility index (Phi) is 4.04. The third-order valence-corrected chi connectivity index (χ3v) is 4.53. The van der Waals surface area contributed by atoms with Gasteiger partial charge in [0.25, 0.3) is 5.91 Å². The molecule has 2 aromatic rings. The van der Waals surface area contributed by atoms with Gasteiger partial charge in [-0.2, -0.15) is 0 Å². The van der Waals surface area contributed by atoms with E-state index < -0.39 is 17.5 Å². The summed E-state index contributed by atoms with van der Waals surface area (Å²) in [6.45, 7) is 1.80. The molecule has 0 unspecified atom stereocenters. The molecular formula is C16H12F2N2O2S. The van der Waals surface area contributed by atoms with E-state index in [1.165, 1.54) is 17.8 Å². The summed E-state index contributed by atoms with van der Waals surface area (Å²) >= 11 is 1.41. The van der Waals surface area contributed by atoms with Crippen LogP contribution in [0.4, 0.5) is 20.2 Å². The zero-order chi connectivity index (χ0) is 16.6. The second-order valence-electron chi connectivity index (χ2n) is 5.04. The fourth-order valence-electron chi connectivity index (χ4n) is 2.13. The van der Waals surface area contributed by atoms with Crippen molar-refractivity contribution in [3.8, 4) is 0 Å². The van der Waals surface area contributed by atoms with Crippen molar-refractivity contribution in [2.45, 2.75) is 17.1 Å². The minimum atomic E-state index is -1.04. The number of carbonyl (C=O) groups excluding carboxylic acids is 2. The molecule has 1 aliphatic rings. The number of halogens is 2. The Morgan fingerprint density at radius 2 is 1.96 bits per heavy atom. The van der Waals surface area contributed by atoms with Crippen molar-refractivity contribution in [3.63, 3.8) is 0 Å². The van der Waals surface area contributed by atoms with Crippen molar-refractivity contribution >= 4 is 35.0 Å².